The maximum absolute atomic E-state index is 15.4. The van der Waals surface area contributed by atoms with E-state index in [-0.39, 0.29) is 0 Å². The van der Waals surface area contributed by atoms with Gasteiger partial charge in [-0.1, -0.05) is 42.5 Å². The predicted molar refractivity (Wildman–Crippen MR) is 187 cm³/mol. The van der Waals surface area contributed by atoms with Crippen LogP contribution < -0.4 is 26.4 Å². The first-order chi connectivity index (χ1) is 29.5. The van der Waals surface area contributed by atoms with E-state index in [1.807, 2.05) is 6.07 Å². The lowest BCUT2D eigenvalue weighted by Gasteiger charge is -2.44. The summed E-state index contributed by atoms with van der Waals surface area (Å²) in [4.78, 5) is 0. The number of rotatable bonds is 6. The summed E-state index contributed by atoms with van der Waals surface area (Å²) in [6, 6.07) is 21.1. The lowest BCUT2D eigenvalue weighted by Crippen LogP contribution is -2.81. The Labute approximate surface area is 346 Å². The molecule has 0 unspecified atom stereocenters. The van der Waals surface area contributed by atoms with Gasteiger partial charge in [0.1, 0.15) is 52.7 Å². The molecule has 0 spiro atoms. The van der Waals surface area contributed by atoms with Crippen LogP contribution in [0.5, 0.6) is 0 Å². The maximum Gasteiger partial charge on any atom is 0.213 e. The van der Waals surface area contributed by atoms with Gasteiger partial charge in [0.2, 0.25) is 5.52 Å². The molecular weight excluding hydrogens is 965 g/mol. The van der Waals surface area contributed by atoms with Crippen LogP contribution in [0.3, 0.4) is 0 Å². The van der Waals surface area contributed by atoms with Crippen molar-refractivity contribution < 1.29 is 92.4 Å². The summed E-state index contributed by atoms with van der Waals surface area (Å²) in [5.41, 5.74) is -11.8. The van der Waals surface area contributed by atoms with Crippen molar-refractivity contribution in [3.63, 3.8) is 0 Å². The van der Waals surface area contributed by atoms with Crippen LogP contribution in [0.1, 0.15) is 5.56 Å². The summed E-state index contributed by atoms with van der Waals surface area (Å²) in [5, 5.41) is 1.25. The minimum atomic E-state index is -7.22. The van der Waals surface area contributed by atoms with E-state index in [2.05, 4.69) is 81.3 Å². The van der Waals surface area contributed by atoms with Crippen molar-refractivity contribution in [1.82, 2.24) is 0 Å². The first kappa shape index (κ1) is 46.4. The van der Waals surface area contributed by atoms with Crippen molar-refractivity contribution in [1.29, 1.82) is 0 Å². The van der Waals surface area contributed by atoms with Gasteiger partial charge in [-0.3, -0.25) is 0 Å². The molecule has 0 fully saturated rings. The second kappa shape index (κ2) is 17.2. The first-order valence-corrected chi connectivity index (χ1v) is 17.7. The Kier molecular flexibility index (Phi) is 12.7. The molecule has 0 saturated heterocycles. The molecule has 7 rings (SSSR count). The number of hydrogen-bond acceptors (Lipinski definition) is 0. The van der Waals surface area contributed by atoms with E-state index < -0.39 is 144 Å². The second-order valence-corrected chi connectivity index (χ2v) is 13.9. The largest absolute Gasteiger partial charge is 0.213 e. The molecule has 0 amide bonds. The Bertz CT molecular complexity index is 2620. The quantitative estimate of drug-likeness (QED) is 0.0514. The van der Waals surface area contributed by atoms with Gasteiger partial charge in [-0.2, -0.15) is 4.57 Å². The van der Waals surface area contributed by atoms with E-state index in [0.29, 0.717) is 0 Å². The van der Waals surface area contributed by atoms with Crippen LogP contribution in [0.2, 0.25) is 0 Å². The van der Waals surface area contributed by atoms with Gasteiger partial charge >= 0.3 is 0 Å². The average molecular weight is 978 g/mol. The Balaban J connectivity index is 0.000000302. The molecule has 0 aliphatic rings. The molecule has 328 valence electrons. The SMILES string of the molecule is Brc1cc[n+](Cc2ccccc2)c2ccccc12.Fc1c(F)c(F)c([B-](c2c(F)c(F)c(F)c(F)c2F)(c2c(F)c(F)c(F)c(F)c2F)c2c(F)c(F)c(F)c(F)c2F)c(F)c1F. The van der Waals surface area contributed by atoms with Gasteiger partial charge in [-0.05, 0) is 22.0 Å². The van der Waals surface area contributed by atoms with Crippen LogP contribution in [-0.4, -0.2) is 6.15 Å². The fourth-order valence-corrected chi connectivity index (χ4v) is 7.50. The lowest BCUT2D eigenvalue weighted by molar-refractivity contribution is -0.662. The van der Waals surface area contributed by atoms with Gasteiger partial charge in [0.25, 0.3) is 0 Å². The van der Waals surface area contributed by atoms with Crippen molar-refractivity contribution >= 4 is 54.8 Å². The Morgan fingerprint density at radius 2 is 0.603 bits per heavy atom. The first-order valence-electron chi connectivity index (χ1n) is 16.9. The maximum atomic E-state index is 15.4. The van der Waals surface area contributed by atoms with Gasteiger partial charge in [0.05, 0.1) is 5.39 Å². The van der Waals surface area contributed by atoms with Gasteiger partial charge in [-0.15, -0.1) is 21.9 Å². The zero-order chi connectivity index (χ0) is 46.7. The van der Waals surface area contributed by atoms with Crippen molar-refractivity contribution in [3.05, 3.63) is 193 Å². The van der Waals surface area contributed by atoms with Crippen LogP contribution in [0.15, 0.2) is 71.3 Å². The topological polar surface area (TPSA) is 3.88 Å². The monoisotopic (exact) mass is 977 g/mol. The second-order valence-electron chi connectivity index (χ2n) is 13.1. The van der Waals surface area contributed by atoms with Crippen LogP contribution in [0.4, 0.5) is 87.8 Å². The molecular formula is C40H13BBrF20N. The molecule has 0 N–H and O–H groups in total. The van der Waals surface area contributed by atoms with Gasteiger partial charge < -0.3 is 0 Å². The van der Waals surface area contributed by atoms with Gasteiger partial charge in [-0.25, -0.2) is 87.8 Å². The minimum absolute atomic E-state index is 0.897. The molecule has 1 heterocycles. The van der Waals surface area contributed by atoms with Crippen LogP contribution in [0.25, 0.3) is 10.9 Å². The number of aromatic nitrogens is 1. The summed E-state index contributed by atoms with van der Waals surface area (Å²) in [6.45, 7) is 0.897. The molecule has 63 heavy (non-hydrogen) atoms. The summed E-state index contributed by atoms with van der Waals surface area (Å²) >= 11 is 3.60. The molecule has 23 heteroatoms. The molecule has 1 nitrogen and oxygen atoms in total. The van der Waals surface area contributed by atoms with E-state index in [0.717, 1.165) is 11.0 Å². The third kappa shape index (κ3) is 7.22. The highest BCUT2D eigenvalue weighted by atomic mass is 79.9. The molecule has 7 aromatic rings. The highest BCUT2D eigenvalue weighted by Crippen LogP contribution is 2.31. The van der Waals surface area contributed by atoms with Crippen molar-refractivity contribution in [2.24, 2.45) is 0 Å². The Morgan fingerprint density at radius 3 is 0.921 bits per heavy atom. The molecule has 0 aliphatic carbocycles. The Hall–Kier alpha value is -6.13. The molecule has 0 bridgehead atoms. The predicted octanol–water partition coefficient (Wildman–Crippen LogP) is 9.78. The summed E-state index contributed by atoms with van der Waals surface area (Å²) in [5.74, 6) is -71.4. The van der Waals surface area contributed by atoms with E-state index >= 15 is 35.1 Å². The fourth-order valence-electron chi connectivity index (χ4n) is 7.04. The fraction of sp³-hybridized carbons (Fsp3) is 0.0250. The van der Waals surface area contributed by atoms with Crippen molar-refractivity contribution in [2.45, 2.75) is 6.54 Å². The van der Waals surface area contributed by atoms with Crippen molar-refractivity contribution in [2.75, 3.05) is 0 Å². The van der Waals surface area contributed by atoms with Crippen LogP contribution in [-0.2, 0) is 6.54 Å². The van der Waals surface area contributed by atoms with Crippen LogP contribution in [0, 0.1) is 116 Å². The number of benzene rings is 6. The summed E-state index contributed by atoms with van der Waals surface area (Å²) < 4.78 is 297. The summed E-state index contributed by atoms with van der Waals surface area (Å²) in [6.07, 6.45) is -5.09. The van der Waals surface area contributed by atoms with E-state index in [1.54, 1.807) is 0 Å². The molecule has 1 aromatic heterocycles. The van der Waals surface area contributed by atoms with E-state index in [4.69, 9.17) is 0 Å². The van der Waals surface area contributed by atoms with E-state index in [1.165, 1.54) is 16.5 Å². The highest BCUT2D eigenvalue weighted by molar-refractivity contribution is 9.10. The standard InChI is InChI=1S/C24BF20.C16H13BrN/c26-5-1(6(27)14(35)21(42)13(5)34)25(2-7(28)15(36)22(43)16(37)8(2)29,3-9(30)17(38)23(44)18(39)10(3)31)4-11(32)19(40)24(45)20(41)12(4)33;17-15-10-11-18(12-13-6-2-1-3-7-13)16-9-5-4-8-14(15)16/h;1-11H,12H2/q-1;+1. The minimum Gasteiger partial charge on any atom is -0.207 e. The molecule has 0 aliphatic heterocycles. The van der Waals surface area contributed by atoms with Gasteiger partial charge in [0.15, 0.2) is 82.5 Å². The van der Waals surface area contributed by atoms with Crippen LogP contribution >= 0.6 is 15.9 Å². The highest BCUT2D eigenvalue weighted by Gasteiger charge is 2.52. The third-order valence-electron chi connectivity index (χ3n) is 9.77. The number of fused-ring (bicyclic) bond motifs is 1. The zero-order valence-corrected chi connectivity index (χ0v) is 31.6. The molecule has 0 atom stereocenters. The smallest absolute Gasteiger partial charge is 0.207 e. The zero-order valence-electron chi connectivity index (χ0n) is 30.0. The number of pyridine rings is 1. The number of nitrogens with zero attached hydrogens (tertiary/aromatic N) is 1. The molecule has 6 aromatic carbocycles. The molecule has 0 radical (unpaired) electrons. The summed E-state index contributed by atoms with van der Waals surface area (Å²) in [7, 11) is 0. The number of hydrogen-bond donors (Lipinski definition) is 0. The number of halogens is 21. The Morgan fingerprint density at radius 1 is 0.333 bits per heavy atom. The normalized spacial score (nSPS) is 11.6. The molecule has 0 saturated carbocycles. The third-order valence-corrected chi connectivity index (χ3v) is 10.5. The van der Waals surface area contributed by atoms with E-state index in [9.17, 15) is 52.7 Å². The van der Waals surface area contributed by atoms with Gasteiger partial charge in [0, 0.05) is 22.2 Å². The lowest BCUT2D eigenvalue weighted by atomic mass is 9.12. The average Bonchev–Trinajstić information content (AvgIpc) is 3.28. The van der Waals surface area contributed by atoms with Crippen molar-refractivity contribution in [3.8, 4) is 0 Å². The number of para-hydroxylation sites is 1.